The van der Waals surface area contributed by atoms with Gasteiger partial charge in [-0.3, -0.25) is 5.10 Å². The summed E-state index contributed by atoms with van der Waals surface area (Å²) in [5, 5.41) is 27.2. The lowest BCUT2D eigenvalue weighted by atomic mass is 9.84. The van der Waals surface area contributed by atoms with E-state index in [0.717, 1.165) is 33.1 Å². The van der Waals surface area contributed by atoms with Crippen molar-refractivity contribution in [3.8, 4) is 18.0 Å². The molecular formula is C22H18N6OS. The summed E-state index contributed by atoms with van der Waals surface area (Å²) in [5.41, 5.74) is 11.2. The summed E-state index contributed by atoms with van der Waals surface area (Å²) < 4.78 is 5.62. The lowest BCUT2D eigenvalue weighted by molar-refractivity contribution is 0.379. The number of ether oxygens (including phenoxy) is 1. The Labute approximate surface area is 178 Å². The molecule has 0 aliphatic carbocycles. The molecule has 148 valence electrons. The van der Waals surface area contributed by atoms with Crippen molar-refractivity contribution in [3.05, 3.63) is 81.5 Å². The maximum Gasteiger partial charge on any atom is 0.244 e. The number of allylic oxidation sites excluding steroid dienone is 1. The molecule has 0 fully saturated rings. The zero-order valence-corrected chi connectivity index (χ0v) is 17.2. The van der Waals surface area contributed by atoms with Crippen LogP contribution in [0.3, 0.4) is 0 Å². The number of nitrogens with zero attached hydrogens (tertiary/aromatic N) is 4. The Kier molecular flexibility index (Phi) is 5.18. The van der Waals surface area contributed by atoms with E-state index in [1.165, 1.54) is 11.8 Å². The number of hydrogen-bond donors (Lipinski definition) is 2. The monoisotopic (exact) mass is 414 g/mol. The molecule has 4 rings (SSSR count). The Morgan fingerprint density at radius 2 is 1.97 bits per heavy atom. The Hall–Kier alpha value is -3.75. The van der Waals surface area contributed by atoms with Crippen molar-refractivity contribution in [2.24, 2.45) is 5.73 Å². The maximum atomic E-state index is 9.74. The smallest absolute Gasteiger partial charge is 0.244 e. The molecule has 1 aromatic carbocycles. The van der Waals surface area contributed by atoms with E-state index < -0.39 is 0 Å². The highest BCUT2D eigenvalue weighted by Gasteiger charge is 2.35. The predicted octanol–water partition coefficient (Wildman–Crippen LogP) is 3.80. The molecule has 30 heavy (non-hydrogen) atoms. The molecule has 3 heterocycles. The van der Waals surface area contributed by atoms with Crippen LogP contribution in [0.2, 0.25) is 0 Å². The van der Waals surface area contributed by atoms with Gasteiger partial charge >= 0.3 is 0 Å². The second kappa shape index (κ2) is 7.94. The summed E-state index contributed by atoms with van der Waals surface area (Å²) in [4.78, 5) is 4.58. The minimum absolute atomic E-state index is 0.0689. The summed E-state index contributed by atoms with van der Waals surface area (Å²) in [6, 6.07) is 15.9. The first-order valence-electron chi connectivity index (χ1n) is 9.24. The van der Waals surface area contributed by atoms with Crippen LogP contribution < -0.4 is 10.5 Å². The van der Waals surface area contributed by atoms with Crippen LogP contribution in [0, 0.1) is 36.5 Å². The SMILES string of the molecule is Cc1cc(C#N)c(C)c(SCc2[nH]nc3c2[C@H](c2ccccc2)C(C#N)=C(N)O3)n1. The van der Waals surface area contributed by atoms with Gasteiger partial charge in [-0.2, -0.15) is 10.5 Å². The number of rotatable bonds is 4. The van der Waals surface area contributed by atoms with Crippen LogP contribution in [0.1, 0.15) is 39.6 Å². The number of thioether (sulfide) groups is 1. The molecule has 3 N–H and O–H groups in total. The molecule has 3 aromatic rings. The third-order valence-corrected chi connectivity index (χ3v) is 6.08. The van der Waals surface area contributed by atoms with Crippen molar-refractivity contribution in [2.75, 3.05) is 0 Å². The molecule has 0 saturated carbocycles. The van der Waals surface area contributed by atoms with Crippen LogP contribution in [-0.4, -0.2) is 15.2 Å². The molecule has 0 amide bonds. The Morgan fingerprint density at radius 3 is 2.67 bits per heavy atom. The van der Waals surface area contributed by atoms with Crippen molar-refractivity contribution in [1.82, 2.24) is 15.2 Å². The van der Waals surface area contributed by atoms with Crippen LogP contribution >= 0.6 is 11.8 Å². The van der Waals surface area contributed by atoms with E-state index >= 15 is 0 Å². The average Bonchev–Trinajstić information content (AvgIpc) is 3.15. The van der Waals surface area contributed by atoms with Gasteiger partial charge in [-0.15, -0.1) is 5.10 Å². The minimum atomic E-state index is -0.365. The number of fused-ring (bicyclic) bond motifs is 1. The molecule has 0 spiro atoms. The summed E-state index contributed by atoms with van der Waals surface area (Å²) in [6.07, 6.45) is 0. The largest absolute Gasteiger partial charge is 0.420 e. The molecule has 7 nitrogen and oxygen atoms in total. The van der Waals surface area contributed by atoms with E-state index in [2.05, 4.69) is 27.3 Å². The second-order valence-corrected chi connectivity index (χ2v) is 7.86. The molecule has 1 aliphatic heterocycles. The number of nitrogens with one attached hydrogen (secondary N) is 1. The fourth-order valence-electron chi connectivity index (χ4n) is 3.50. The van der Waals surface area contributed by atoms with Gasteiger partial charge in [0.15, 0.2) is 0 Å². The Bertz CT molecular complexity index is 1230. The second-order valence-electron chi connectivity index (χ2n) is 6.90. The number of aromatic nitrogens is 3. The Balaban J connectivity index is 1.73. The van der Waals surface area contributed by atoms with Gasteiger partial charge in [0.25, 0.3) is 0 Å². The van der Waals surface area contributed by atoms with Gasteiger partial charge in [-0.05, 0) is 31.0 Å². The summed E-state index contributed by atoms with van der Waals surface area (Å²) in [5.74, 6) is 0.605. The minimum Gasteiger partial charge on any atom is -0.420 e. The number of hydrogen-bond acceptors (Lipinski definition) is 7. The van der Waals surface area contributed by atoms with E-state index in [9.17, 15) is 10.5 Å². The summed E-state index contributed by atoms with van der Waals surface area (Å²) in [6.45, 7) is 3.76. The van der Waals surface area contributed by atoms with Gasteiger partial charge in [-0.1, -0.05) is 42.1 Å². The number of aryl methyl sites for hydroxylation is 1. The zero-order chi connectivity index (χ0) is 21.3. The molecule has 8 heteroatoms. The molecule has 2 aromatic heterocycles. The number of H-pyrrole nitrogens is 1. The topological polar surface area (TPSA) is 124 Å². The van der Waals surface area contributed by atoms with Crippen molar-refractivity contribution in [1.29, 1.82) is 10.5 Å². The summed E-state index contributed by atoms with van der Waals surface area (Å²) >= 11 is 1.51. The van der Waals surface area contributed by atoms with Gasteiger partial charge in [0, 0.05) is 11.4 Å². The van der Waals surface area contributed by atoms with Crippen LogP contribution in [0.15, 0.2) is 52.9 Å². The highest BCUT2D eigenvalue weighted by molar-refractivity contribution is 7.98. The number of aromatic amines is 1. The fourth-order valence-corrected chi connectivity index (χ4v) is 4.54. The van der Waals surface area contributed by atoms with E-state index in [0.29, 0.717) is 22.8 Å². The standard InChI is InChI=1S/C22H18N6OS/c1-12-8-15(9-23)13(2)22(26-12)30-11-17-19-18(14-6-4-3-5-7-14)16(10-24)20(25)29-21(19)28-27-17/h3-8,18H,11,25H2,1-2H3,(H,27,28)/t18-/m1/s1. The lowest BCUT2D eigenvalue weighted by Gasteiger charge is -2.24. The first-order chi connectivity index (χ1) is 14.5. The maximum absolute atomic E-state index is 9.74. The van der Waals surface area contributed by atoms with Gasteiger partial charge in [0.05, 0.1) is 28.8 Å². The number of nitrogens with two attached hydrogens (primary N) is 1. The highest BCUT2D eigenvalue weighted by Crippen LogP contribution is 2.44. The van der Waals surface area contributed by atoms with Crippen LogP contribution in [0.25, 0.3) is 0 Å². The molecule has 0 bridgehead atoms. The lowest BCUT2D eigenvalue weighted by Crippen LogP contribution is -2.21. The average molecular weight is 414 g/mol. The highest BCUT2D eigenvalue weighted by atomic mass is 32.2. The van der Waals surface area contributed by atoms with E-state index in [1.54, 1.807) is 6.07 Å². The zero-order valence-electron chi connectivity index (χ0n) is 16.4. The van der Waals surface area contributed by atoms with Gasteiger partial charge in [0.2, 0.25) is 11.8 Å². The third kappa shape index (κ3) is 3.38. The first kappa shape index (κ1) is 19.6. The quantitative estimate of drug-likeness (QED) is 0.622. The van der Waals surface area contributed by atoms with Crippen LogP contribution in [0.5, 0.6) is 5.88 Å². The molecule has 0 radical (unpaired) electrons. The number of nitriles is 2. The van der Waals surface area contributed by atoms with E-state index in [-0.39, 0.29) is 11.8 Å². The fraction of sp³-hybridized carbons (Fsp3) is 0.182. The molecule has 1 aliphatic rings. The summed E-state index contributed by atoms with van der Waals surface area (Å²) in [7, 11) is 0. The number of benzene rings is 1. The van der Waals surface area contributed by atoms with Crippen LogP contribution in [-0.2, 0) is 5.75 Å². The van der Waals surface area contributed by atoms with Crippen LogP contribution in [0.4, 0.5) is 0 Å². The van der Waals surface area contributed by atoms with Gasteiger partial charge < -0.3 is 10.5 Å². The number of pyridine rings is 1. The van der Waals surface area contributed by atoms with E-state index in [4.69, 9.17) is 10.5 Å². The molecular weight excluding hydrogens is 396 g/mol. The molecule has 1 atom stereocenters. The van der Waals surface area contributed by atoms with Crippen molar-refractivity contribution in [3.63, 3.8) is 0 Å². The van der Waals surface area contributed by atoms with Gasteiger partial charge in [0.1, 0.15) is 16.7 Å². The van der Waals surface area contributed by atoms with Crippen molar-refractivity contribution in [2.45, 2.75) is 30.5 Å². The van der Waals surface area contributed by atoms with Crippen molar-refractivity contribution >= 4 is 11.8 Å². The molecule has 0 saturated heterocycles. The Morgan fingerprint density at radius 1 is 1.20 bits per heavy atom. The van der Waals surface area contributed by atoms with E-state index in [1.807, 2.05) is 44.2 Å². The first-order valence-corrected chi connectivity index (χ1v) is 10.2. The van der Waals surface area contributed by atoms with Gasteiger partial charge in [-0.25, -0.2) is 4.98 Å². The van der Waals surface area contributed by atoms with Crippen molar-refractivity contribution < 1.29 is 4.74 Å². The normalized spacial score (nSPS) is 15.1. The molecule has 0 unspecified atom stereocenters. The predicted molar refractivity (Wildman–Crippen MR) is 112 cm³/mol. The third-order valence-electron chi connectivity index (χ3n) is 4.98.